The van der Waals surface area contributed by atoms with Gasteiger partial charge in [0.1, 0.15) is 0 Å². The van der Waals surface area contributed by atoms with Crippen molar-refractivity contribution in [2.75, 3.05) is 31.1 Å². The number of nitrogens with zero attached hydrogens (tertiary/aromatic N) is 4. The molecule has 9 heteroatoms. The van der Waals surface area contributed by atoms with E-state index in [0.717, 1.165) is 37.7 Å². The first-order chi connectivity index (χ1) is 10.2. The van der Waals surface area contributed by atoms with E-state index in [2.05, 4.69) is 25.2 Å². The van der Waals surface area contributed by atoms with Crippen LogP contribution in [0.3, 0.4) is 0 Å². The maximum absolute atomic E-state index is 11.0. The molecule has 2 aromatic rings. The Labute approximate surface area is 146 Å². The van der Waals surface area contributed by atoms with Gasteiger partial charge in [-0.25, -0.2) is 9.97 Å². The second-order valence-corrected chi connectivity index (χ2v) is 4.81. The molecule has 3 rings (SSSR count). The van der Waals surface area contributed by atoms with Crippen LogP contribution in [-0.2, 0) is 0 Å². The quantitative estimate of drug-likeness (QED) is 0.847. The lowest BCUT2D eigenvalue weighted by Crippen LogP contribution is -2.44. The van der Waals surface area contributed by atoms with Gasteiger partial charge in [-0.15, -0.1) is 24.8 Å². The standard InChI is InChI=1S/C14H16N6O.2ClH/c15-13(21)10-1-2-12(17-7-10)11-8-18-14(19-9-11)20-5-3-16-4-6-20;;/h1-2,7-9,16H,3-6H2,(H2,15,21);2*1H. The minimum absolute atomic E-state index is 0. The van der Waals surface area contributed by atoms with Gasteiger partial charge in [0.2, 0.25) is 11.9 Å². The summed E-state index contributed by atoms with van der Waals surface area (Å²) in [6.07, 6.45) is 4.95. The molecule has 0 aliphatic carbocycles. The Kier molecular flexibility index (Phi) is 7.15. The van der Waals surface area contributed by atoms with Gasteiger partial charge in [-0.1, -0.05) is 0 Å². The summed E-state index contributed by atoms with van der Waals surface area (Å²) in [6.45, 7) is 3.71. The summed E-state index contributed by atoms with van der Waals surface area (Å²) in [6, 6.07) is 3.39. The van der Waals surface area contributed by atoms with Gasteiger partial charge in [0.15, 0.2) is 0 Å². The molecule has 0 atom stereocenters. The molecule has 1 amide bonds. The topological polar surface area (TPSA) is 97.0 Å². The Morgan fingerprint density at radius 2 is 1.70 bits per heavy atom. The van der Waals surface area contributed by atoms with E-state index >= 15 is 0 Å². The number of nitrogens with two attached hydrogens (primary N) is 1. The van der Waals surface area contributed by atoms with Crippen molar-refractivity contribution in [3.63, 3.8) is 0 Å². The molecule has 1 fully saturated rings. The highest BCUT2D eigenvalue weighted by atomic mass is 35.5. The van der Waals surface area contributed by atoms with Crippen molar-refractivity contribution in [3.8, 4) is 11.3 Å². The number of hydrogen-bond donors (Lipinski definition) is 2. The van der Waals surface area contributed by atoms with E-state index in [9.17, 15) is 4.79 Å². The summed E-state index contributed by atoms with van der Waals surface area (Å²) in [7, 11) is 0. The van der Waals surface area contributed by atoms with E-state index < -0.39 is 5.91 Å². The van der Waals surface area contributed by atoms with E-state index in [0.29, 0.717) is 11.3 Å². The van der Waals surface area contributed by atoms with E-state index in [4.69, 9.17) is 5.73 Å². The van der Waals surface area contributed by atoms with Gasteiger partial charge in [0.05, 0.1) is 11.3 Å². The van der Waals surface area contributed by atoms with Gasteiger partial charge in [-0.3, -0.25) is 9.78 Å². The lowest BCUT2D eigenvalue weighted by atomic mass is 10.2. The monoisotopic (exact) mass is 356 g/mol. The summed E-state index contributed by atoms with van der Waals surface area (Å²) in [5.74, 6) is 0.244. The van der Waals surface area contributed by atoms with Crippen LogP contribution < -0.4 is 16.0 Å². The summed E-state index contributed by atoms with van der Waals surface area (Å²) in [5.41, 5.74) is 7.10. The summed E-state index contributed by atoms with van der Waals surface area (Å²) in [5, 5.41) is 3.29. The molecule has 0 bridgehead atoms. The molecule has 23 heavy (non-hydrogen) atoms. The Morgan fingerprint density at radius 3 is 2.22 bits per heavy atom. The van der Waals surface area contributed by atoms with Crippen LogP contribution in [0.15, 0.2) is 30.7 Å². The average molecular weight is 357 g/mol. The molecule has 2 aromatic heterocycles. The van der Waals surface area contributed by atoms with Crippen molar-refractivity contribution in [1.82, 2.24) is 20.3 Å². The number of carbonyl (C=O) groups is 1. The van der Waals surface area contributed by atoms with Crippen LogP contribution in [0.25, 0.3) is 11.3 Å². The fraction of sp³-hybridized carbons (Fsp3) is 0.286. The van der Waals surface area contributed by atoms with E-state index in [-0.39, 0.29) is 24.8 Å². The summed E-state index contributed by atoms with van der Waals surface area (Å²) in [4.78, 5) is 26.1. The Balaban J connectivity index is 0.00000132. The molecule has 7 nitrogen and oxygen atoms in total. The minimum atomic E-state index is -0.487. The molecule has 3 N–H and O–H groups in total. The van der Waals surface area contributed by atoms with Crippen molar-refractivity contribution in [2.24, 2.45) is 5.73 Å². The number of halogens is 2. The van der Waals surface area contributed by atoms with Crippen molar-refractivity contribution in [3.05, 3.63) is 36.3 Å². The molecular weight excluding hydrogens is 339 g/mol. The molecule has 0 aromatic carbocycles. The van der Waals surface area contributed by atoms with Crippen LogP contribution in [0.2, 0.25) is 0 Å². The second-order valence-electron chi connectivity index (χ2n) is 4.81. The fourth-order valence-corrected chi connectivity index (χ4v) is 2.19. The molecule has 0 unspecified atom stereocenters. The zero-order valence-electron chi connectivity index (χ0n) is 12.3. The number of aromatic nitrogens is 3. The SMILES string of the molecule is Cl.Cl.NC(=O)c1ccc(-c2cnc(N3CCNCC3)nc2)nc1. The maximum atomic E-state index is 11.0. The number of primary amides is 1. The lowest BCUT2D eigenvalue weighted by Gasteiger charge is -2.27. The van der Waals surface area contributed by atoms with E-state index in [1.807, 2.05) is 0 Å². The van der Waals surface area contributed by atoms with Gasteiger partial charge < -0.3 is 16.0 Å². The molecule has 3 heterocycles. The number of nitrogens with one attached hydrogen (secondary N) is 1. The molecule has 0 spiro atoms. The van der Waals surface area contributed by atoms with Crippen molar-refractivity contribution in [1.29, 1.82) is 0 Å². The number of hydrogen-bond acceptors (Lipinski definition) is 6. The van der Waals surface area contributed by atoms with Crippen LogP contribution in [0.1, 0.15) is 10.4 Å². The van der Waals surface area contributed by atoms with E-state index in [1.54, 1.807) is 24.5 Å². The average Bonchev–Trinajstić information content (AvgIpc) is 2.56. The van der Waals surface area contributed by atoms with Crippen molar-refractivity contribution in [2.45, 2.75) is 0 Å². The maximum Gasteiger partial charge on any atom is 0.250 e. The highest BCUT2D eigenvalue weighted by molar-refractivity contribution is 5.92. The first-order valence-corrected chi connectivity index (χ1v) is 6.78. The number of carbonyl (C=O) groups excluding carboxylic acids is 1. The van der Waals surface area contributed by atoms with Crippen LogP contribution in [0, 0.1) is 0 Å². The molecule has 1 saturated heterocycles. The van der Waals surface area contributed by atoms with E-state index in [1.165, 1.54) is 6.20 Å². The summed E-state index contributed by atoms with van der Waals surface area (Å²) < 4.78 is 0. The first-order valence-electron chi connectivity index (χ1n) is 6.78. The predicted octanol–water partition coefficient (Wildman–Crippen LogP) is 0.891. The third-order valence-electron chi connectivity index (χ3n) is 3.38. The van der Waals surface area contributed by atoms with Crippen LogP contribution in [-0.4, -0.2) is 47.0 Å². The largest absolute Gasteiger partial charge is 0.366 e. The molecule has 1 aliphatic heterocycles. The highest BCUT2D eigenvalue weighted by Crippen LogP contribution is 2.17. The molecule has 1 aliphatic rings. The minimum Gasteiger partial charge on any atom is -0.366 e. The van der Waals surface area contributed by atoms with Gasteiger partial charge in [0.25, 0.3) is 0 Å². The number of anilines is 1. The smallest absolute Gasteiger partial charge is 0.250 e. The number of rotatable bonds is 3. The third-order valence-corrected chi connectivity index (χ3v) is 3.38. The van der Waals surface area contributed by atoms with Gasteiger partial charge in [-0.2, -0.15) is 0 Å². The Bertz CT molecular complexity index is 629. The summed E-state index contributed by atoms with van der Waals surface area (Å²) >= 11 is 0. The normalized spacial score (nSPS) is 13.7. The van der Waals surface area contributed by atoms with Gasteiger partial charge >= 0.3 is 0 Å². The van der Waals surface area contributed by atoms with Gasteiger partial charge in [0, 0.05) is 50.3 Å². The van der Waals surface area contributed by atoms with Crippen LogP contribution in [0.4, 0.5) is 5.95 Å². The van der Waals surface area contributed by atoms with Crippen LogP contribution >= 0.6 is 24.8 Å². The number of amides is 1. The fourth-order valence-electron chi connectivity index (χ4n) is 2.19. The zero-order valence-corrected chi connectivity index (χ0v) is 13.9. The van der Waals surface area contributed by atoms with Gasteiger partial charge in [-0.05, 0) is 12.1 Å². The second kappa shape index (κ2) is 8.61. The Hall–Kier alpha value is -1.96. The van der Waals surface area contributed by atoms with Crippen molar-refractivity contribution < 1.29 is 4.79 Å². The molecule has 0 saturated carbocycles. The number of pyridine rings is 1. The first kappa shape index (κ1) is 19.1. The molecule has 124 valence electrons. The zero-order chi connectivity index (χ0) is 14.7. The van der Waals surface area contributed by atoms with Crippen LogP contribution in [0.5, 0.6) is 0 Å². The predicted molar refractivity (Wildman–Crippen MR) is 93.4 cm³/mol. The molecule has 0 radical (unpaired) electrons. The Morgan fingerprint density at radius 1 is 1.04 bits per heavy atom. The molecular formula is C14H18Cl2N6O. The third kappa shape index (κ3) is 4.51. The highest BCUT2D eigenvalue weighted by Gasteiger charge is 2.13. The number of piperazine rings is 1. The lowest BCUT2D eigenvalue weighted by molar-refractivity contribution is 0.1000. The van der Waals surface area contributed by atoms with Crippen molar-refractivity contribution >= 4 is 36.7 Å².